The number of rotatable bonds is 5. The van der Waals surface area contributed by atoms with E-state index in [2.05, 4.69) is 4.72 Å². The minimum Gasteiger partial charge on any atom is -0.481 e. The van der Waals surface area contributed by atoms with Crippen LogP contribution in [0, 0.1) is 12.8 Å². The highest BCUT2D eigenvalue weighted by Crippen LogP contribution is 2.30. The number of hydrogen-bond acceptors (Lipinski definition) is 4. The van der Waals surface area contributed by atoms with Crippen molar-refractivity contribution in [1.29, 1.82) is 0 Å². The quantitative estimate of drug-likeness (QED) is 0.871. The summed E-state index contributed by atoms with van der Waals surface area (Å²) in [6, 6.07) is 1.64. The summed E-state index contributed by atoms with van der Waals surface area (Å²) >= 11 is 1.21. The molecule has 7 heteroatoms. The number of carbonyl (C=O) groups is 1. The van der Waals surface area contributed by atoms with Crippen molar-refractivity contribution in [2.45, 2.75) is 42.9 Å². The van der Waals surface area contributed by atoms with E-state index < -0.39 is 16.0 Å². The van der Waals surface area contributed by atoms with Gasteiger partial charge in [-0.05, 0) is 49.1 Å². The van der Waals surface area contributed by atoms with Crippen LogP contribution in [0.3, 0.4) is 0 Å². The maximum atomic E-state index is 12.2. The van der Waals surface area contributed by atoms with Crippen LogP contribution in [-0.4, -0.2) is 25.5 Å². The fraction of sp³-hybridized carbons (Fsp3) is 0.583. The Morgan fingerprint density at radius 1 is 1.53 bits per heavy atom. The van der Waals surface area contributed by atoms with E-state index in [1.165, 1.54) is 11.3 Å². The summed E-state index contributed by atoms with van der Waals surface area (Å²) in [6.45, 7) is 1.77. The van der Waals surface area contributed by atoms with Gasteiger partial charge in [0.25, 0.3) is 10.0 Å². The Balaban J connectivity index is 1.99. The first-order valence-electron chi connectivity index (χ1n) is 6.16. The van der Waals surface area contributed by atoms with Gasteiger partial charge in [-0.2, -0.15) is 0 Å². The molecule has 1 aromatic heterocycles. The minimum absolute atomic E-state index is 0.0784. The molecule has 1 aromatic rings. The van der Waals surface area contributed by atoms with E-state index in [0.29, 0.717) is 17.1 Å². The summed E-state index contributed by atoms with van der Waals surface area (Å²) in [4.78, 5) is 10.6. The molecular weight excluding hydrogens is 286 g/mol. The van der Waals surface area contributed by atoms with Gasteiger partial charge in [-0.1, -0.05) is 0 Å². The fourth-order valence-corrected chi connectivity index (χ4v) is 5.24. The van der Waals surface area contributed by atoms with Gasteiger partial charge in [0, 0.05) is 12.5 Å². The first kappa shape index (κ1) is 14.5. The number of sulfonamides is 1. The number of hydrogen-bond donors (Lipinski definition) is 2. The van der Waals surface area contributed by atoms with Crippen molar-refractivity contribution in [3.05, 3.63) is 17.0 Å². The fourth-order valence-electron chi connectivity index (χ4n) is 2.52. The molecule has 0 radical (unpaired) electrons. The Labute approximate surface area is 116 Å². The van der Waals surface area contributed by atoms with Crippen LogP contribution in [0.25, 0.3) is 0 Å². The second-order valence-corrected chi connectivity index (χ2v) is 7.81. The smallest absolute Gasteiger partial charge is 0.303 e. The summed E-state index contributed by atoms with van der Waals surface area (Å²) in [7, 11) is -3.46. The van der Waals surface area contributed by atoms with Crippen molar-refractivity contribution in [3.8, 4) is 0 Å². The van der Waals surface area contributed by atoms with E-state index in [-0.39, 0.29) is 18.4 Å². The van der Waals surface area contributed by atoms with E-state index in [0.717, 1.165) is 12.0 Å². The lowest BCUT2D eigenvalue weighted by Gasteiger charge is -2.13. The average Bonchev–Trinajstić information content (AvgIpc) is 2.86. The first-order valence-corrected chi connectivity index (χ1v) is 8.53. The summed E-state index contributed by atoms with van der Waals surface area (Å²) < 4.78 is 27.4. The second kappa shape index (κ2) is 5.60. The number of aliphatic carboxylic acids is 1. The molecule has 2 N–H and O–H groups in total. The topological polar surface area (TPSA) is 83.5 Å². The summed E-state index contributed by atoms with van der Waals surface area (Å²) in [5.74, 6) is -0.739. The van der Waals surface area contributed by atoms with E-state index in [1.54, 1.807) is 18.4 Å². The Bertz CT molecular complexity index is 564. The Morgan fingerprint density at radius 3 is 2.84 bits per heavy atom. The van der Waals surface area contributed by atoms with Gasteiger partial charge < -0.3 is 5.11 Å². The lowest BCUT2D eigenvalue weighted by molar-refractivity contribution is -0.138. The lowest BCUT2D eigenvalue weighted by atomic mass is 10.0. The molecule has 19 heavy (non-hydrogen) atoms. The highest BCUT2D eigenvalue weighted by Gasteiger charge is 2.30. The number of carboxylic acids is 1. The monoisotopic (exact) mass is 303 g/mol. The van der Waals surface area contributed by atoms with E-state index in [1.807, 2.05) is 0 Å². The summed E-state index contributed by atoms with van der Waals surface area (Å²) in [6.07, 6.45) is 2.21. The molecular formula is C12H17NO4S2. The van der Waals surface area contributed by atoms with Crippen molar-refractivity contribution in [1.82, 2.24) is 4.72 Å². The molecule has 1 fully saturated rings. The molecule has 5 nitrogen and oxygen atoms in total. The van der Waals surface area contributed by atoms with Gasteiger partial charge >= 0.3 is 5.97 Å². The number of aryl methyl sites for hydroxylation is 1. The Hall–Kier alpha value is -0.920. The molecule has 0 aromatic carbocycles. The average molecular weight is 303 g/mol. The zero-order valence-electron chi connectivity index (χ0n) is 10.6. The second-order valence-electron chi connectivity index (χ2n) is 4.99. The third-order valence-corrected chi connectivity index (χ3v) is 6.59. The molecule has 106 valence electrons. The van der Waals surface area contributed by atoms with Crippen LogP contribution in [0.4, 0.5) is 0 Å². The molecule has 1 aliphatic rings. The van der Waals surface area contributed by atoms with Gasteiger partial charge in [0.15, 0.2) is 0 Å². The maximum absolute atomic E-state index is 12.2. The van der Waals surface area contributed by atoms with Crippen LogP contribution >= 0.6 is 11.3 Å². The van der Waals surface area contributed by atoms with E-state index >= 15 is 0 Å². The maximum Gasteiger partial charge on any atom is 0.303 e. The minimum atomic E-state index is -3.46. The molecule has 1 heterocycles. The molecule has 0 bridgehead atoms. The van der Waals surface area contributed by atoms with Crippen molar-refractivity contribution in [3.63, 3.8) is 0 Å². The third-order valence-electron chi connectivity index (χ3n) is 3.39. The van der Waals surface area contributed by atoms with Crippen LogP contribution in [0.1, 0.15) is 31.2 Å². The van der Waals surface area contributed by atoms with Gasteiger partial charge in [0.05, 0.1) is 0 Å². The third kappa shape index (κ3) is 3.55. The van der Waals surface area contributed by atoms with Crippen molar-refractivity contribution >= 4 is 27.3 Å². The van der Waals surface area contributed by atoms with Crippen molar-refractivity contribution in [2.75, 3.05) is 0 Å². The molecule has 0 unspecified atom stereocenters. The van der Waals surface area contributed by atoms with Crippen LogP contribution < -0.4 is 4.72 Å². The summed E-state index contributed by atoms with van der Waals surface area (Å²) in [5, 5.41) is 10.5. The predicted molar refractivity (Wildman–Crippen MR) is 72.8 cm³/mol. The Kier molecular flexibility index (Phi) is 4.27. The van der Waals surface area contributed by atoms with Gasteiger partial charge in [0.2, 0.25) is 0 Å². The molecule has 2 rings (SSSR count). The number of carboxylic acid groups (broad SMARTS) is 1. The molecule has 0 aliphatic heterocycles. The SMILES string of the molecule is Cc1ccsc1S(=O)(=O)N[C@@H]1CC[C@H](CC(=O)O)C1. The van der Waals surface area contributed by atoms with Crippen LogP contribution in [0.2, 0.25) is 0 Å². The molecule has 0 spiro atoms. The standard InChI is InChI=1S/C12H17NO4S2/c1-8-4-5-18-12(8)19(16,17)13-10-3-2-9(6-10)7-11(14)15/h4-5,9-10,13H,2-3,6-7H2,1H3,(H,14,15)/t9-,10+/m0/s1. The van der Waals surface area contributed by atoms with Crippen LogP contribution in [0.5, 0.6) is 0 Å². The molecule has 1 aliphatic carbocycles. The van der Waals surface area contributed by atoms with E-state index in [4.69, 9.17) is 5.11 Å². The number of thiophene rings is 1. The van der Waals surface area contributed by atoms with Crippen molar-refractivity contribution in [2.24, 2.45) is 5.92 Å². The normalized spacial score (nSPS) is 23.6. The van der Waals surface area contributed by atoms with Gasteiger partial charge in [0.1, 0.15) is 4.21 Å². The van der Waals surface area contributed by atoms with E-state index in [9.17, 15) is 13.2 Å². The van der Waals surface area contributed by atoms with Crippen LogP contribution in [0.15, 0.2) is 15.7 Å². The molecule has 0 saturated heterocycles. The lowest BCUT2D eigenvalue weighted by Crippen LogP contribution is -2.32. The first-order chi connectivity index (χ1) is 8.88. The molecule has 1 saturated carbocycles. The molecule has 2 atom stereocenters. The van der Waals surface area contributed by atoms with Gasteiger partial charge in [-0.25, -0.2) is 13.1 Å². The molecule has 0 amide bonds. The predicted octanol–water partition coefficient (Wildman–Crippen LogP) is 1.98. The van der Waals surface area contributed by atoms with Gasteiger partial charge in [-0.3, -0.25) is 4.79 Å². The highest BCUT2D eigenvalue weighted by molar-refractivity contribution is 7.91. The zero-order valence-corrected chi connectivity index (χ0v) is 12.3. The van der Waals surface area contributed by atoms with Crippen LogP contribution in [-0.2, 0) is 14.8 Å². The largest absolute Gasteiger partial charge is 0.481 e. The summed E-state index contributed by atoms with van der Waals surface area (Å²) in [5.41, 5.74) is 0.748. The zero-order chi connectivity index (χ0) is 14.0. The number of nitrogens with one attached hydrogen (secondary N) is 1. The van der Waals surface area contributed by atoms with Crippen molar-refractivity contribution < 1.29 is 18.3 Å². The Morgan fingerprint density at radius 2 is 2.26 bits per heavy atom. The highest BCUT2D eigenvalue weighted by atomic mass is 32.2. The van der Waals surface area contributed by atoms with Gasteiger partial charge in [-0.15, -0.1) is 11.3 Å².